The molecule has 5 nitrogen and oxygen atoms in total. The number of nitrogens with zero attached hydrogens (tertiary/aromatic N) is 1. The maximum Gasteiger partial charge on any atom is 0.303 e. The molecule has 1 saturated heterocycles. The third-order valence-electron chi connectivity index (χ3n) is 3.59. The first-order valence-corrected chi connectivity index (χ1v) is 6.34. The molecule has 1 aliphatic rings. The number of nitrogens with two attached hydrogens (primary N) is 1. The Morgan fingerprint density at radius 3 is 2.79 bits per heavy atom. The van der Waals surface area contributed by atoms with Gasteiger partial charge in [0.05, 0.1) is 0 Å². The molecule has 0 aliphatic carbocycles. The Bertz CT molecular complexity index is 513. The summed E-state index contributed by atoms with van der Waals surface area (Å²) in [6, 6.07) is 5.54. The van der Waals surface area contributed by atoms with Gasteiger partial charge in [0.15, 0.2) is 0 Å². The van der Waals surface area contributed by atoms with Crippen LogP contribution >= 0.6 is 0 Å². The first-order valence-electron chi connectivity index (χ1n) is 6.34. The maximum atomic E-state index is 11.2. The fourth-order valence-electron chi connectivity index (χ4n) is 2.60. The van der Waals surface area contributed by atoms with Crippen molar-refractivity contribution >= 4 is 17.6 Å². The highest BCUT2D eigenvalue weighted by atomic mass is 16.4. The second kappa shape index (κ2) is 5.30. The first kappa shape index (κ1) is 13.4. The van der Waals surface area contributed by atoms with Crippen LogP contribution in [0.25, 0.3) is 0 Å². The van der Waals surface area contributed by atoms with Crippen LogP contribution in [0.5, 0.6) is 0 Å². The zero-order valence-corrected chi connectivity index (χ0v) is 10.9. The van der Waals surface area contributed by atoms with E-state index in [4.69, 9.17) is 10.8 Å². The summed E-state index contributed by atoms with van der Waals surface area (Å²) in [6.45, 7) is 3.46. The molecule has 1 fully saturated rings. The van der Waals surface area contributed by atoms with Gasteiger partial charge in [0.2, 0.25) is 5.91 Å². The molecule has 1 unspecified atom stereocenters. The molecule has 0 bridgehead atoms. The molecule has 1 aliphatic heterocycles. The number of anilines is 1. The van der Waals surface area contributed by atoms with Crippen LogP contribution in [-0.2, 0) is 4.79 Å². The SMILES string of the molecule is Cc1cc(N2CCC(CC(=O)O)C2)ccc1C(N)=O. The molecule has 1 atom stereocenters. The van der Waals surface area contributed by atoms with Gasteiger partial charge in [0, 0.05) is 30.8 Å². The summed E-state index contributed by atoms with van der Waals surface area (Å²) < 4.78 is 0. The fraction of sp³-hybridized carbons (Fsp3) is 0.429. The number of rotatable bonds is 4. The molecule has 0 aromatic heterocycles. The third kappa shape index (κ3) is 3.05. The van der Waals surface area contributed by atoms with Crippen LogP contribution in [0.4, 0.5) is 5.69 Å². The highest BCUT2D eigenvalue weighted by Gasteiger charge is 2.24. The number of carboxylic acids is 1. The minimum atomic E-state index is -0.743. The van der Waals surface area contributed by atoms with E-state index in [1.54, 1.807) is 6.07 Å². The number of primary amides is 1. The van der Waals surface area contributed by atoms with Gasteiger partial charge in [-0.2, -0.15) is 0 Å². The van der Waals surface area contributed by atoms with E-state index in [1.807, 2.05) is 19.1 Å². The molecule has 1 heterocycles. The Hall–Kier alpha value is -2.04. The minimum absolute atomic E-state index is 0.202. The van der Waals surface area contributed by atoms with Gasteiger partial charge in [-0.15, -0.1) is 0 Å². The van der Waals surface area contributed by atoms with E-state index >= 15 is 0 Å². The Kier molecular flexibility index (Phi) is 3.74. The zero-order valence-electron chi connectivity index (χ0n) is 10.9. The average molecular weight is 262 g/mol. The molecule has 19 heavy (non-hydrogen) atoms. The maximum absolute atomic E-state index is 11.2. The number of carbonyl (C=O) groups is 2. The smallest absolute Gasteiger partial charge is 0.303 e. The monoisotopic (exact) mass is 262 g/mol. The largest absolute Gasteiger partial charge is 0.481 e. The summed E-state index contributed by atoms with van der Waals surface area (Å²) in [7, 11) is 0. The average Bonchev–Trinajstić information content (AvgIpc) is 2.75. The number of aliphatic carboxylic acids is 1. The van der Waals surface area contributed by atoms with Crippen LogP contribution in [0.15, 0.2) is 18.2 Å². The molecule has 5 heteroatoms. The lowest BCUT2D eigenvalue weighted by Crippen LogP contribution is -2.21. The van der Waals surface area contributed by atoms with Crippen LogP contribution in [0.2, 0.25) is 0 Å². The number of aryl methyl sites for hydroxylation is 1. The minimum Gasteiger partial charge on any atom is -0.481 e. The molecular weight excluding hydrogens is 244 g/mol. The number of hydrogen-bond donors (Lipinski definition) is 2. The van der Waals surface area contributed by atoms with Crippen molar-refractivity contribution in [2.24, 2.45) is 11.7 Å². The van der Waals surface area contributed by atoms with E-state index in [0.717, 1.165) is 30.8 Å². The standard InChI is InChI=1S/C14H18N2O3/c1-9-6-11(2-3-12(9)14(15)19)16-5-4-10(8-16)7-13(17)18/h2-3,6,10H,4-5,7-8H2,1H3,(H2,15,19)(H,17,18). The van der Waals surface area contributed by atoms with E-state index in [0.29, 0.717) is 5.56 Å². The van der Waals surface area contributed by atoms with Crippen molar-refractivity contribution in [3.63, 3.8) is 0 Å². The van der Waals surface area contributed by atoms with Crippen LogP contribution in [0.3, 0.4) is 0 Å². The second-order valence-corrected chi connectivity index (χ2v) is 5.06. The van der Waals surface area contributed by atoms with Crippen LogP contribution in [0.1, 0.15) is 28.8 Å². The van der Waals surface area contributed by atoms with Crippen molar-refractivity contribution < 1.29 is 14.7 Å². The molecule has 1 amide bonds. The van der Waals surface area contributed by atoms with Gasteiger partial charge in [-0.3, -0.25) is 9.59 Å². The Morgan fingerprint density at radius 2 is 2.21 bits per heavy atom. The van der Waals surface area contributed by atoms with Crippen molar-refractivity contribution in [2.75, 3.05) is 18.0 Å². The number of hydrogen-bond acceptors (Lipinski definition) is 3. The van der Waals surface area contributed by atoms with Crippen molar-refractivity contribution in [1.29, 1.82) is 0 Å². The summed E-state index contributed by atoms with van der Waals surface area (Å²) in [5.74, 6) is -0.963. The summed E-state index contributed by atoms with van der Waals surface area (Å²) in [5, 5.41) is 8.80. The quantitative estimate of drug-likeness (QED) is 0.859. The van der Waals surface area contributed by atoms with Crippen LogP contribution < -0.4 is 10.6 Å². The van der Waals surface area contributed by atoms with Gasteiger partial charge in [-0.1, -0.05) is 0 Å². The highest BCUT2D eigenvalue weighted by molar-refractivity contribution is 5.94. The van der Waals surface area contributed by atoms with Crippen molar-refractivity contribution in [3.05, 3.63) is 29.3 Å². The van der Waals surface area contributed by atoms with Crippen molar-refractivity contribution in [3.8, 4) is 0 Å². The van der Waals surface area contributed by atoms with Crippen molar-refractivity contribution in [2.45, 2.75) is 19.8 Å². The molecule has 0 spiro atoms. The molecule has 1 aromatic rings. The Labute approximate surface area is 112 Å². The predicted molar refractivity (Wildman–Crippen MR) is 72.3 cm³/mol. The highest BCUT2D eigenvalue weighted by Crippen LogP contribution is 2.27. The molecule has 0 radical (unpaired) electrons. The van der Waals surface area contributed by atoms with Gasteiger partial charge >= 0.3 is 5.97 Å². The lowest BCUT2D eigenvalue weighted by Gasteiger charge is -2.19. The number of amides is 1. The van der Waals surface area contributed by atoms with E-state index in [-0.39, 0.29) is 12.3 Å². The summed E-state index contributed by atoms with van der Waals surface area (Å²) in [5.41, 5.74) is 7.69. The topological polar surface area (TPSA) is 83.6 Å². The molecule has 3 N–H and O–H groups in total. The second-order valence-electron chi connectivity index (χ2n) is 5.06. The number of carbonyl (C=O) groups excluding carboxylic acids is 1. The van der Waals surface area contributed by atoms with E-state index in [1.165, 1.54) is 0 Å². The summed E-state index contributed by atoms with van der Waals surface area (Å²) >= 11 is 0. The Balaban J connectivity index is 2.09. The van der Waals surface area contributed by atoms with Gasteiger partial charge in [0.25, 0.3) is 0 Å². The molecule has 102 valence electrons. The summed E-state index contributed by atoms with van der Waals surface area (Å²) in [6.07, 6.45) is 1.11. The van der Waals surface area contributed by atoms with Gasteiger partial charge in [-0.05, 0) is 43.0 Å². The lowest BCUT2D eigenvalue weighted by molar-refractivity contribution is -0.137. The van der Waals surface area contributed by atoms with E-state index in [9.17, 15) is 9.59 Å². The number of carboxylic acid groups (broad SMARTS) is 1. The van der Waals surface area contributed by atoms with E-state index in [2.05, 4.69) is 4.90 Å². The van der Waals surface area contributed by atoms with E-state index < -0.39 is 11.9 Å². The lowest BCUT2D eigenvalue weighted by atomic mass is 10.1. The molecule has 1 aromatic carbocycles. The molecule has 2 rings (SSSR count). The van der Waals surface area contributed by atoms with Crippen molar-refractivity contribution in [1.82, 2.24) is 0 Å². The van der Waals surface area contributed by atoms with Gasteiger partial charge in [0.1, 0.15) is 0 Å². The van der Waals surface area contributed by atoms with Crippen LogP contribution in [0, 0.1) is 12.8 Å². The number of benzene rings is 1. The molecular formula is C14H18N2O3. The zero-order chi connectivity index (χ0) is 14.0. The third-order valence-corrected chi connectivity index (χ3v) is 3.59. The van der Waals surface area contributed by atoms with Crippen LogP contribution in [-0.4, -0.2) is 30.1 Å². The van der Waals surface area contributed by atoms with Gasteiger partial charge < -0.3 is 15.7 Å². The fourth-order valence-corrected chi connectivity index (χ4v) is 2.60. The first-order chi connectivity index (χ1) is 8.97. The molecule has 0 saturated carbocycles. The van der Waals surface area contributed by atoms with Gasteiger partial charge in [-0.25, -0.2) is 0 Å². The predicted octanol–water partition coefficient (Wildman–Crippen LogP) is 1.39. The normalized spacial score (nSPS) is 18.6. The Morgan fingerprint density at radius 1 is 1.47 bits per heavy atom. The summed E-state index contributed by atoms with van der Waals surface area (Å²) in [4.78, 5) is 24.0.